The molecule has 0 saturated heterocycles. The Hall–Kier alpha value is -3.15. The Bertz CT molecular complexity index is 803. The molecule has 0 aliphatic rings. The average Bonchev–Trinajstić information content (AvgIpc) is 3.09. The lowest BCUT2D eigenvalue weighted by Crippen LogP contribution is -2.20. The molecule has 0 aliphatic heterocycles. The van der Waals surface area contributed by atoms with Crippen LogP contribution in [-0.2, 0) is 4.79 Å². The van der Waals surface area contributed by atoms with Crippen LogP contribution in [0.2, 0.25) is 0 Å². The molecule has 0 unspecified atom stereocenters. The number of para-hydroxylation sites is 1. The van der Waals surface area contributed by atoms with Crippen LogP contribution in [0.4, 0.5) is 10.1 Å². The molecule has 0 atom stereocenters. The second-order valence-electron chi connectivity index (χ2n) is 4.82. The first-order valence-corrected chi connectivity index (χ1v) is 6.99. The van der Waals surface area contributed by atoms with Crippen molar-refractivity contribution in [2.24, 2.45) is 0 Å². The van der Waals surface area contributed by atoms with Gasteiger partial charge in [0.2, 0.25) is 0 Å². The van der Waals surface area contributed by atoms with Crippen LogP contribution in [-0.4, -0.2) is 22.7 Å². The minimum absolute atomic E-state index is 0.0499. The number of anilines is 1. The van der Waals surface area contributed by atoms with Crippen molar-refractivity contribution in [2.45, 2.75) is 0 Å². The summed E-state index contributed by atoms with van der Waals surface area (Å²) in [4.78, 5) is 11.9. The predicted molar refractivity (Wildman–Crippen MR) is 84.5 cm³/mol. The van der Waals surface area contributed by atoms with Crippen LogP contribution in [0.1, 0.15) is 0 Å². The molecule has 6 heteroatoms. The molecule has 0 fully saturated rings. The highest BCUT2D eigenvalue weighted by Gasteiger charge is 2.07. The summed E-state index contributed by atoms with van der Waals surface area (Å²) >= 11 is 0. The van der Waals surface area contributed by atoms with E-state index in [0.717, 1.165) is 11.3 Å². The van der Waals surface area contributed by atoms with E-state index in [4.69, 9.17) is 4.74 Å². The van der Waals surface area contributed by atoms with Gasteiger partial charge in [-0.1, -0.05) is 24.3 Å². The molecule has 1 amide bonds. The molecule has 1 heterocycles. The molecule has 23 heavy (non-hydrogen) atoms. The lowest BCUT2D eigenvalue weighted by molar-refractivity contribution is -0.118. The monoisotopic (exact) mass is 311 g/mol. The SMILES string of the molecule is O=C(COc1ccccc1F)Nc1cccc(-c2ccn[nH]2)c1. The molecule has 3 rings (SSSR count). The largest absolute Gasteiger partial charge is 0.481 e. The summed E-state index contributed by atoms with van der Waals surface area (Å²) in [6, 6.07) is 15.1. The molecule has 0 aliphatic carbocycles. The highest BCUT2D eigenvalue weighted by Crippen LogP contribution is 2.20. The van der Waals surface area contributed by atoms with Gasteiger partial charge in [0.15, 0.2) is 18.2 Å². The first-order valence-electron chi connectivity index (χ1n) is 6.99. The van der Waals surface area contributed by atoms with Crippen LogP contribution in [0.5, 0.6) is 5.75 Å². The van der Waals surface area contributed by atoms with E-state index in [-0.39, 0.29) is 18.3 Å². The Morgan fingerprint density at radius 2 is 2.04 bits per heavy atom. The number of ether oxygens (including phenoxy) is 1. The number of hydrogen-bond donors (Lipinski definition) is 2. The molecular weight excluding hydrogens is 297 g/mol. The van der Waals surface area contributed by atoms with Crippen LogP contribution in [0, 0.1) is 5.82 Å². The van der Waals surface area contributed by atoms with Gasteiger partial charge < -0.3 is 10.1 Å². The van der Waals surface area contributed by atoms with E-state index >= 15 is 0 Å². The zero-order chi connectivity index (χ0) is 16.1. The fraction of sp³-hybridized carbons (Fsp3) is 0.0588. The Balaban J connectivity index is 1.62. The zero-order valence-corrected chi connectivity index (χ0v) is 12.1. The van der Waals surface area contributed by atoms with E-state index in [1.807, 2.05) is 24.3 Å². The average molecular weight is 311 g/mol. The third-order valence-electron chi connectivity index (χ3n) is 3.15. The third kappa shape index (κ3) is 3.74. The van der Waals surface area contributed by atoms with Crippen molar-refractivity contribution in [3.05, 3.63) is 66.6 Å². The lowest BCUT2D eigenvalue weighted by Gasteiger charge is -2.09. The number of rotatable bonds is 5. The van der Waals surface area contributed by atoms with Crippen molar-refractivity contribution in [3.63, 3.8) is 0 Å². The van der Waals surface area contributed by atoms with Gasteiger partial charge in [0, 0.05) is 17.4 Å². The molecule has 116 valence electrons. The Morgan fingerprint density at radius 3 is 2.83 bits per heavy atom. The Morgan fingerprint density at radius 1 is 1.17 bits per heavy atom. The van der Waals surface area contributed by atoms with E-state index in [0.29, 0.717) is 5.69 Å². The number of halogens is 1. The number of nitrogens with zero attached hydrogens (tertiary/aromatic N) is 1. The number of carbonyl (C=O) groups excluding carboxylic acids is 1. The standard InChI is InChI=1S/C17H14FN3O2/c18-14-6-1-2-7-16(14)23-11-17(22)20-13-5-3-4-12(10-13)15-8-9-19-21-15/h1-10H,11H2,(H,19,21)(H,20,22). The van der Waals surface area contributed by atoms with E-state index in [1.165, 1.54) is 12.1 Å². The van der Waals surface area contributed by atoms with Gasteiger partial charge in [0.1, 0.15) is 0 Å². The van der Waals surface area contributed by atoms with Crippen LogP contribution in [0.25, 0.3) is 11.3 Å². The summed E-state index contributed by atoms with van der Waals surface area (Å²) in [6.45, 7) is -0.269. The number of nitrogens with one attached hydrogen (secondary N) is 2. The molecule has 3 aromatic rings. The van der Waals surface area contributed by atoms with Gasteiger partial charge >= 0.3 is 0 Å². The van der Waals surface area contributed by atoms with Gasteiger partial charge in [-0.15, -0.1) is 0 Å². The molecule has 1 aromatic heterocycles. The van der Waals surface area contributed by atoms with Gasteiger partial charge in [0.05, 0.1) is 5.69 Å². The molecular formula is C17H14FN3O2. The highest BCUT2D eigenvalue weighted by molar-refractivity contribution is 5.92. The van der Waals surface area contributed by atoms with Crippen LogP contribution < -0.4 is 10.1 Å². The van der Waals surface area contributed by atoms with E-state index < -0.39 is 5.82 Å². The number of aromatic nitrogens is 2. The first-order chi connectivity index (χ1) is 11.2. The third-order valence-corrected chi connectivity index (χ3v) is 3.15. The van der Waals surface area contributed by atoms with Crippen molar-refractivity contribution >= 4 is 11.6 Å². The Kier molecular flexibility index (Phi) is 4.33. The van der Waals surface area contributed by atoms with Crippen LogP contribution in [0.3, 0.4) is 0 Å². The molecule has 0 saturated carbocycles. The second-order valence-corrected chi connectivity index (χ2v) is 4.82. The first kappa shape index (κ1) is 14.8. The number of H-pyrrole nitrogens is 1. The maximum atomic E-state index is 13.4. The number of aromatic amines is 1. The topological polar surface area (TPSA) is 67.0 Å². The summed E-state index contributed by atoms with van der Waals surface area (Å²) < 4.78 is 18.6. The minimum Gasteiger partial charge on any atom is -0.481 e. The molecule has 5 nitrogen and oxygen atoms in total. The van der Waals surface area contributed by atoms with Gasteiger partial charge in [0.25, 0.3) is 5.91 Å². The van der Waals surface area contributed by atoms with E-state index in [2.05, 4.69) is 15.5 Å². The smallest absolute Gasteiger partial charge is 0.262 e. The Labute approximate surface area is 132 Å². The molecule has 0 spiro atoms. The predicted octanol–water partition coefficient (Wildman–Crippen LogP) is 3.23. The maximum absolute atomic E-state index is 13.4. The van der Waals surface area contributed by atoms with E-state index in [1.54, 1.807) is 24.4 Å². The summed E-state index contributed by atoms with van der Waals surface area (Å²) in [5, 5.41) is 9.46. The van der Waals surface area contributed by atoms with Crippen molar-refractivity contribution in [1.82, 2.24) is 10.2 Å². The summed E-state index contributed by atoms with van der Waals surface area (Å²) in [6.07, 6.45) is 1.66. The number of benzene rings is 2. The second kappa shape index (κ2) is 6.74. The van der Waals surface area contributed by atoms with Crippen molar-refractivity contribution in [3.8, 4) is 17.0 Å². The van der Waals surface area contributed by atoms with Gasteiger partial charge in [-0.2, -0.15) is 5.10 Å². The number of amides is 1. The lowest BCUT2D eigenvalue weighted by atomic mass is 10.1. The fourth-order valence-electron chi connectivity index (χ4n) is 2.08. The quantitative estimate of drug-likeness (QED) is 0.760. The van der Waals surface area contributed by atoms with Crippen molar-refractivity contribution in [1.29, 1.82) is 0 Å². The normalized spacial score (nSPS) is 10.3. The van der Waals surface area contributed by atoms with E-state index in [9.17, 15) is 9.18 Å². The molecule has 2 N–H and O–H groups in total. The number of carbonyl (C=O) groups is 1. The number of hydrogen-bond acceptors (Lipinski definition) is 3. The van der Waals surface area contributed by atoms with Crippen LogP contribution in [0.15, 0.2) is 60.8 Å². The van der Waals surface area contributed by atoms with Crippen molar-refractivity contribution < 1.29 is 13.9 Å². The zero-order valence-electron chi connectivity index (χ0n) is 12.1. The van der Waals surface area contributed by atoms with Gasteiger partial charge in [-0.05, 0) is 30.3 Å². The summed E-state index contributed by atoms with van der Waals surface area (Å²) in [7, 11) is 0. The fourth-order valence-corrected chi connectivity index (χ4v) is 2.08. The summed E-state index contributed by atoms with van der Waals surface area (Å²) in [5.74, 6) is -0.814. The highest BCUT2D eigenvalue weighted by atomic mass is 19.1. The molecule has 2 aromatic carbocycles. The molecule has 0 radical (unpaired) electrons. The molecule has 0 bridgehead atoms. The van der Waals surface area contributed by atoms with Gasteiger partial charge in [-0.25, -0.2) is 4.39 Å². The minimum atomic E-state index is -0.499. The van der Waals surface area contributed by atoms with Crippen LogP contribution >= 0.6 is 0 Å². The maximum Gasteiger partial charge on any atom is 0.262 e. The van der Waals surface area contributed by atoms with Gasteiger partial charge in [-0.3, -0.25) is 9.89 Å². The van der Waals surface area contributed by atoms with Crippen molar-refractivity contribution in [2.75, 3.05) is 11.9 Å². The summed E-state index contributed by atoms with van der Waals surface area (Å²) in [5.41, 5.74) is 2.37.